The first-order valence-electron chi connectivity index (χ1n) is 10.5. The third-order valence-electron chi connectivity index (χ3n) is 5.55. The Bertz CT molecular complexity index is 867. The summed E-state index contributed by atoms with van der Waals surface area (Å²) < 4.78 is 17.3. The van der Waals surface area contributed by atoms with E-state index in [1.807, 2.05) is 12.1 Å². The van der Waals surface area contributed by atoms with E-state index in [1.165, 1.54) is 11.1 Å². The molecule has 1 N–H and O–H groups in total. The molecule has 0 radical (unpaired) electrons. The molecule has 0 aliphatic carbocycles. The molecular weight excluding hydrogens is 396 g/mol. The van der Waals surface area contributed by atoms with Crippen molar-refractivity contribution in [3.63, 3.8) is 0 Å². The van der Waals surface area contributed by atoms with Crippen molar-refractivity contribution in [2.45, 2.75) is 39.2 Å². The monoisotopic (exact) mass is 428 g/mol. The van der Waals surface area contributed by atoms with Gasteiger partial charge in [0.25, 0.3) is 0 Å². The Morgan fingerprint density at radius 3 is 2.40 bits per heavy atom. The highest BCUT2D eigenvalue weighted by molar-refractivity contribution is 7.80. The summed E-state index contributed by atoms with van der Waals surface area (Å²) >= 11 is 5.67. The molecule has 162 valence electrons. The molecule has 0 bridgehead atoms. The number of hydrogen-bond donors (Lipinski definition) is 1. The molecule has 2 aromatic rings. The Morgan fingerprint density at radius 1 is 1.13 bits per heavy atom. The minimum absolute atomic E-state index is 0.00937. The summed E-state index contributed by atoms with van der Waals surface area (Å²) in [7, 11) is 3.33. The van der Waals surface area contributed by atoms with Crippen molar-refractivity contribution in [3.05, 3.63) is 53.1 Å². The molecule has 0 fully saturated rings. The minimum Gasteiger partial charge on any atom is -0.493 e. The van der Waals surface area contributed by atoms with E-state index in [0.717, 1.165) is 47.4 Å². The second kappa shape index (κ2) is 10.0. The maximum atomic E-state index is 6.22. The molecule has 0 saturated heterocycles. The first-order chi connectivity index (χ1) is 14.5. The van der Waals surface area contributed by atoms with Crippen LogP contribution in [0.1, 0.15) is 49.4 Å². The number of rotatable bonds is 7. The first kappa shape index (κ1) is 22.2. The van der Waals surface area contributed by atoms with E-state index < -0.39 is 0 Å². The van der Waals surface area contributed by atoms with Gasteiger partial charge in [0.1, 0.15) is 12.4 Å². The minimum atomic E-state index is -0.00937. The van der Waals surface area contributed by atoms with Crippen molar-refractivity contribution < 1.29 is 14.2 Å². The van der Waals surface area contributed by atoms with Crippen molar-refractivity contribution in [1.82, 2.24) is 10.2 Å². The molecule has 2 aromatic carbocycles. The van der Waals surface area contributed by atoms with Crippen molar-refractivity contribution in [2.75, 3.05) is 33.9 Å². The molecule has 6 heteroatoms. The Labute approximate surface area is 185 Å². The number of fused-ring (bicyclic) bond motifs is 1. The van der Waals surface area contributed by atoms with Crippen LogP contribution in [0.15, 0.2) is 36.4 Å². The largest absolute Gasteiger partial charge is 0.493 e. The van der Waals surface area contributed by atoms with E-state index >= 15 is 0 Å². The summed E-state index contributed by atoms with van der Waals surface area (Å²) in [4.78, 5) is 2.22. The maximum absolute atomic E-state index is 6.22. The van der Waals surface area contributed by atoms with Gasteiger partial charge in [-0.2, -0.15) is 0 Å². The van der Waals surface area contributed by atoms with Crippen molar-refractivity contribution in [3.8, 4) is 17.2 Å². The van der Waals surface area contributed by atoms with Gasteiger partial charge in [-0.05, 0) is 72.4 Å². The van der Waals surface area contributed by atoms with E-state index in [9.17, 15) is 0 Å². The van der Waals surface area contributed by atoms with Crippen LogP contribution in [0, 0.1) is 0 Å². The van der Waals surface area contributed by atoms with Crippen LogP contribution in [0.25, 0.3) is 0 Å². The number of ether oxygens (including phenoxy) is 3. The summed E-state index contributed by atoms with van der Waals surface area (Å²) in [6.07, 6.45) is 0.890. The summed E-state index contributed by atoms with van der Waals surface area (Å²) in [5, 5.41) is 4.04. The maximum Gasteiger partial charge on any atom is 0.169 e. The lowest BCUT2D eigenvalue weighted by atomic mass is 9.92. The lowest BCUT2D eigenvalue weighted by molar-refractivity contribution is 0.187. The van der Waals surface area contributed by atoms with Gasteiger partial charge >= 0.3 is 0 Å². The number of thiocarbonyl (C=S) groups is 1. The van der Waals surface area contributed by atoms with Crippen molar-refractivity contribution in [1.29, 1.82) is 0 Å². The normalized spacial score (nSPS) is 15.5. The zero-order valence-corrected chi connectivity index (χ0v) is 19.3. The average molecular weight is 429 g/mol. The highest BCUT2D eigenvalue weighted by Gasteiger charge is 2.31. The molecule has 1 atom stereocenters. The van der Waals surface area contributed by atoms with Gasteiger partial charge < -0.3 is 24.4 Å². The molecular formula is C24H32N2O3S. The molecule has 1 aliphatic rings. The zero-order chi connectivity index (χ0) is 21.7. The number of methoxy groups -OCH3 is 2. The molecule has 0 spiro atoms. The van der Waals surface area contributed by atoms with Gasteiger partial charge in [0.15, 0.2) is 16.6 Å². The second-order valence-electron chi connectivity index (χ2n) is 7.74. The first-order valence-corrected chi connectivity index (χ1v) is 10.9. The highest BCUT2D eigenvalue weighted by Crippen LogP contribution is 2.38. The van der Waals surface area contributed by atoms with Crippen LogP contribution >= 0.6 is 12.2 Å². The summed E-state index contributed by atoms with van der Waals surface area (Å²) in [5.41, 5.74) is 3.71. The smallest absolute Gasteiger partial charge is 0.169 e. The van der Waals surface area contributed by atoms with Gasteiger partial charge in [-0.25, -0.2) is 0 Å². The van der Waals surface area contributed by atoms with Crippen LogP contribution in [0.3, 0.4) is 0 Å². The topological polar surface area (TPSA) is 43.0 Å². The van der Waals surface area contributed by atoms with Gasteiger partial charge in [0, 0.05) is 13.1 Å². The molecule has 5 nitrogen and oxygen atoms in total. The van der Waals surface area contributed by atoms with Gasteiger partial charge in [0.2, 0.25) is 0 Å². The van der Waals surface area contributed by atoms with Crippen LogP contribution in [0.2, 0.25) is 0 Å². The number of hydrogen-bond acceptors (Lipinski definition) is 4. The van der Waals surface area contributed by atoms with Crippen LogP contribution < -0.4 is 19.5 Å². The van der Waals surface area contributed by atoms with Crippen molar-refractivity contribution in [2.24, 2.45) is 0 Å². The number of nitrogens with one attached hydrogen (secondary N) is 1. The van der Waals surface area contributed by atoms with Crippen LogP contribution in [-0.4, -0.2) is 43.9 Å². The quantitative estimate of drug-likeness (QED) is 0.645. The summed E-state index contributed by atoms with van der Waals surface area (Å²) in [5.74, 6) is 2.84. The van der Waals surface area contributed by atoms with E-state index in [1.54, 1.807) is 14.2 Å². The molecule has 1 heterocycles. The van der Waals surface area contributed by atoms with Gasteiger partial charge in [-0.1, -0.05) is 26.0 Å². The predicted octanol–water partition coefficient (Wildman–Crippen LogP) is 4.70. The van der Waals surface area contributed by atoms with E-state index in [0.29, 0.717) is 12.5 Å². The lowest BCUT2D eigenvalue weighted by Gasteiger charge is -2.39. The standard InChI is InChI=1S/C24H32N2O3S/c1-6-25-24(30)26-12-11-18-13-22(27-4)23(28-5)14-20(18)21(26)15-29-19-9-7-17(8-10-19)16(2)3/h7-10,13-14,16,21H,6,11-12,15H2,1-5H3,(H,25,30)/t21-/m0/s1. The fourth-order valence-corrected chi connectivity index (χ4v) is 4.19. The highest BCUT2D eigenvalue weighted by atomic mass is 32.1. The fraction of sp³-hybridized carbons (Fsp3) is 0.458. The molecule has 30 heavy (non-hydrogen) atoms. The Kier molecular flexibility index (Phi) is 7.43. The van der Waals surface area contributed by atoms with E-state index in [4.69, 9.17) is 26.4 Å². The Morgan fingerprint density at radius 2 is 1.80 bits per heavy atom. The van der Waals surface area contributed by atoms with E-state index in [-0.39, 0.29) is 6.04 Å². The predicted molar refractivity (Wildman–Crippen MR) is 125 cm³/mol. The van der Waals surface area contributed by atoms with E-state index in [2.05, 4.69) is 55.3 Å². The molecule has 0 amide bonds. The Balaban J connectivity index is 1.89. The van der Waals surface area contributed by atoms with Gasteiger partial charge in [0.05, 0.1) is 20.3 Å². The van der Waals surface area contributed by atoms with Gasteiger partial charge in [-0.15, -0.1) is 0 Å². The fourth-order valence-electron chi connectivity index (χ4n) is 3.83. The second-order valence-corrected chi connectivity index (χ2v) is 8.12. The Hall–Kier alpha value is -2.47. The molecule has 3 rings (SSSR count). The summed E-state index contributed by atoms with van der Waals surface area (Å²) in [6, 6.07) is 12.5. The molecule has 0 unspecified atom stereocenters. The third-order valence-corrected chi connectivity index (χ3v) is 5.93. The van der Waals surface area contributed by atoms with Crippen LogP contribution in [-0.2, 0) is 6.42 Å². The third kappa shape index (κ3) is 4.81. The van der Waals surface area contributed by atoms with Crippen LogP contribution in [0.5, 0.6) is 17.2 Å². The zero-order valence-electron chi connectivity index (χ0n) is 18.5. The SMILES string of the molecule is CCNC(=S)N1CCc2cc(OC)c(OC)cc2[C@@H]1COc1ccc(C(C)C)cc1. The lowest BCUT2D eigenvalue weighted by Crippen LogP contribution is -2.47. The number of nitrogens with zero attached hydrogens (tertiary/aromatic N) is 1. The molecule has 0 aromatic heterocycles. The number of benzene rings is 2. The molecule has 1 aliphatic heterocycles. The van der Waals surface area contributed by atoms with Crippen LogP contribution in [0.4, 0.5) is 0 Å². The molecule has 0 saturated carbocycles. The average Bonchev–Trinajstić information content (AvgIpc) is 2.76. The van der Waals surface area contributed by atoms with Crippen molar-refractivity contribution >= 4 is 17.3 Å². The summed E-state index contributed by atoms with van der Waals surface area (Å²) in [6.45, 7) is 8.55. The van der Waals surface area contributed by atoms with Gasteiger partial charge in [-0.3, -0.25) is 0 Å².